The quantitative estimate of drug-likeness (QED) is 0.193. The Hall–Kier alpha value is -2.34. The van der Waals surface area contributed by atoms with Crippen LogP contribution in [-0.2, 0) is 9.59 Å². The van der Waals surface area contributed by atoms with Gasteiger partial charge in [-0.3, -0.25) is 9.59 Å². The largest absolute Gasteiger partial charge is 0.507 e. The standard InChI is InChI=1S/C28H34Cl2N2O3/c1-3-5-16-31(17-6-4-2)18-7-19-32-25(20-8-12-22(29)13-9-20)24(27(34)28(32)35)26(33)21-10-14-23(30)15-11-21/h8-15,25,33H,3-7,16-19H2,1-2H3/b26-24-. The number of halogens is 2. The molecule has 1 saturated heterocycles. The lowest BCUT2D eigenvalue weighted by Crippen LogP contribution is -2.34. The molecule has 0 bridgehead atoms. The molecule has 1 aliphatic heterocycles. The predicted octanol–water partition coefficient (Wildman–Crippen LogP) is 6.71. The van der Waals surface area contributed by atoms with Gasteiger partial charge in [-0.1, -0.05) is 62.0 Å². The van der Waals surface area contributed by atoms with Crippen molar-refractivity contribution in [2.24, 2.45) is 0 Å². The minimum atomic E-state index is -0.678. The Bertz CT molecular complexity index is 1030. The molecule has 1 amide bonds. The second-order valence-corrected chi connectivity index (χ2v) is 9.83. The van der Waals surface area contributed by atoms with Gasteiger partial charge in [0.25, 0.3) is 11.7 Å². The normalized spacial score (nSPS) is 17.5. The topological polar surface area (TPSA) is 60.9 Å². The number of amides is 1. The zero-order chi connectivity index (χ0) is 25.4. The van der Waals surface area contributed by atoms with Gasteiger partial charge in [0, 0.05) is 22.2 Å². The number of benzene rings is 2. The molecule has 188 valence electrons. The van der Waals surface area contributed by atoms with Crippen LogP contribution in [0.1, 0.15) is 63.1 Å². The van der Waals surface area contributed by atoms with Gasteiger partial charge in [-0.05, 0) is 80.9 Å². The highest BCUT2D eigenvalue weighted by molar-refractivity contribution is 6.46. The van der Waals surface area contributed by atoms with Crippen molar-refractivity contribution < 1.29 is 14.7 Å². The summed E-state index contributed by atoms with van der Waals surface area (Å²) in [7, 11) is 0. The summed E-state index contributed by atoms with van der Waals surface area (Å²) < 4.78 is 0. The maximum atomic E-state index is 13.2. The maximum absolute atomic E-state index is 13.2. The van der Waals surface area contributed by atoms with Gasteiger partial charge >= 0.3 is 0 Å². The smallest absolute Gasteiger partial charge is 0.295 e. The van der Waals surface area contributed by atoms with Gasteiger partial charge in [-0.15, -0.1) is 0 Å². The highest BCUT2D eigenvalue weighted by Crippen LogP contribution is 2.39. The van der Waals surface area contributed by atoms with Gasteiger partial charge in [-0.25, -0.2) is 0 Å². The molecule has 5 nitrogen and oxygen atoms in total. The van der Waals surface area contributed by atoms with Crippen molar-refractivity contribution in [3.05, 3.63) is 75.3 Å². The molecular formula is C28H34Cl2N2O3. The van der Waals surface area contributed by atoms with E-state index >= 15 is 0 Å². The summed E-state index contributed by atoms with van der Waals surface area (Å²) in [5.41, 5.74) is 1.27. The number of ketones is 1. The summed E-state index contributed by atoms with van der Waals surface area (Å²) in [5.74, 6) is -1.46. The molecule has 7 heteroatoms. The Morgan fingerprint density at radius 1 is 0.857 bits per heavy atom. The Morgan fingerprint density at radius 3 is 1.91 bits per heavy atom. The highest BCUT2D eigenvalue weighted by Gasteiger charge is 2.45. The molecule has 0 radical (unpaired) electrons. The highest BCUT2D eigenvalue weighted by atomic mass is 35.5. The number of nitrogens with zero attached hydrogens (tertiary/aromatic N) is 2. The van der Waals surface area contributed by atoms with E-state index in [0.29, 0.717) is 22.2 Å². The van der Waals surface area contributed by atoms with E-state index in [4.69, 9.17) is 23.2 Å². The molecule has 1 aliphatic rings. The van der Waals surface area contributed by atoms with Gasteiger partial charge in [0.1, 0.15) is 5.76 Å². The fraction of sp³-hybridized carbons (Fsp3) is 0.429. The number of aliphatic hydroxyl groups excluding tert-OH is 1. The lowest BCUT2D eigenvalue weighted by Gasteiger charge is -2.27. The van der Waals surface area contributed by atoms with Crippen LogP contribution in [0.15, 0.2) is 54.1 Å². The number of Topliss-reactive ketones (excluding diaryl/α,β-unsaturated/α-hetero) is 1. The number of carbonyl (C=O) groups excluding carboxylic acids is 2. The molecule has 0 saturated carbocycles. The zero-order valence-electron chi connectivity index (χ0n) is 20.5. The number of unbranched alkanes of at least 4 members (excludes halogenated alkanes) is 2. The molecule has 1 fully saturated rings. The van der Waals surface area contributed by atoms with Crippen molar-refractivity contribution in [1.82, 2.24) is 9.80 Å². The Morgan fingerprint density at radius 2 is 1.37 bits per heavy atom. The summed E-state index contributed by atoms with van der Waals surface area (Å²) in [6.45, 7) is 7.71. The maximum Gasteiger partial charge on any atom is 0.295 e. The first-order valence-electron chi connectivity index (χ1n) is 12.4. The lowest BCUT2D eigenvalue weighted by atomic mass is 9.95. The van der Waals surface area contributed by atoms with E-state index < -0.39 is 17.7 Å². The summed E-state index contributed by atoms with van der Waals surface area (Å²) in [4.78, 5) is 30.3. The molecular weight excluding hydrogens is 483 g/mol. The number of carbonyl (C=O) groups is 2. The van der Waals surface area contributed by atoms with Crippen LogP contribution in [0.5, 0.6) is 0 Å². The van der Waals surface area contributed by atoms with Gasteiger partial charge in [-0.2, -0.15) is 0 Å². The Kier molecular flexibility index (Phi) is 10.2. The number of hydrogen-bond acceptors (Lipinski definition) is 4. The molecule has 0 spiro atoms. The van der Waals surface area contributed by atoms with Crippen LogP contribution in [0.4, 0.5) is 0 Å². The van der Waals surface area contributed by atoms with Crippen LogP contribution in [-0.4, -0.2) is 52.8 Å². The van der Waals surface area contributed by atoms with Crippen molar-refractivity contribution >= 4 is 40.7 Å². The number of aliphatic hydroxyl groups is 1. The fourth-order valence-electron chi connectivity index (χ4n) is 4.43. The van der Waals surface area contributed by atoms with Gasteiger partial charge < -0.3 is 14.9 Å². The molecule has 1 atom stereocenters. The first-order chi connectivity index (χ1) is 16.9. The molecule has 3 rings (SSSR count). The van der Waals surface area contributed by atoms with Gasteiger partial charge in [0.05, 0.1) is 11.6 Å². The zero-order valence-corrected chi connectivity index (χ0v) is 22.0. The van der Waals surface area contributed by atoms with Crippen molar-refractivity contribution in [2.45, 2.75) is 52.0 Å². The molecule has 0 aliphatic carbocycles. The average Bonchev–Trinajstić information content (AvgIpc) is 3.10. The molecule has 1 N–H and O–H groups in total. The SMILES string of the molecule is CCCCN(CCCC)CCCN1C(=O)C(=O)/C(=C(\O)c2ccc(Cl)cc2)C1c1ccc(Cl)cc1. The monoisotopic (exact) mass is 516 g/mol. The van der Waals surface area contributed by atoms with Crippen LogP contribution in [0, 0.1) is 0 Å². The van der Waals surface area contributed by atoms with Crippen molar-refractivity contribution in [3.63, 3.8) is 0 Å². The second kappa shape index (κ2) is 13.1. The van der Waals surface area contributed by atoms with E-state index in [2.05, 4.69) is 18.7 Å². The van der Waals surface area contributed by atoms with Crippen LogP contribution >= 0.6 is 23.2 Å². The average molecular weight is 517 g/mol. The number of likely N-dealkylation sites (tertiary alicyclic amines) is 1. The first kappa shape index (κ1) is 27.3. The van der Waals surface area contributed by atoms with Crippen LogP contribution in [0.2, 0.25) is 10.0 Å². The Balaban J connectivity index is 1.90. The van der Waals surface area contributed by atoms with E-state index in [1.165, 1.54) is 0 Å². The fourth-order valence-corrected chi connectivity index (χ4v) is 4.68. The third kappa shape index (κ3) is 6.87. The molecule has 2 aromatic carbocycles. The van der Waals surface area contributed by atoms with E-state index in [1.54, 1.807) is 53.4 Å². The van der Waals surface area contributed by atoms with Crippen molar-refractivity contribution in [1.29, 1.82) is 0 Å². The molecule has 2 aromatic rings. The molecule has 35 heavy (non-hydrogen) atoms. The van der Waals surface area contributed by atoms with Crippen molar-refractivity contribution in [3.8, 4) is 0 Å². The van der Waals surface area contributed by atoms with Crippen LogP contribution in [0.3, 0.4) is 0 Å². The van der Waals surface area contributed by atoms with Crippen LogP contribution in [0.25, 0.3) is 5.76 Å². The van der Waals surface area contributed by atoms with Crippen LogP contribution < -0.4 is 0 Å². The number of hydrogen-bond donors (Lipinski definition) is 1. The molecule has 1 unspecified atom stereocenters. The van der Waals surface area contributed by atoms with E-state index in [-0.39, 0.29) is 11.3 Å². The minimum absolute atomic E-state index is 0.0912. The Labute approximate surface area is 218 Å². The molecule has 1 heterocycles. The first-order valence-corrected chi connectivity index (χ1v) is 13.1. The summed E-state index contributed by atoms with van der Waals surface area (Å²) in [6.07, 6.45) is 5.29. The van der Waals surface area contributed by atoms with Crippen molar-refractivity contribution in [2.75, 3.05) is 26.2 Å². The summed E-state index contributed by atoms with van der Waals surface area (Å²) >= 11 is 12.1. The van der Waals surface area contributed by atoms with Gasteiger partial charge in [0.2, 0.25) is 0 Å². The van der Waals surface area contributed by atoms with Gasteiger partial charge in [0.15, 0.2) is 0 Å². The second-order valence-electron chi connectivity index (χ2n) is 8.95. The third-order valence-electron chi connectivity index (χ3n) is 6.37. The van der Waals surface area contributed by atoms with E-state index in [1.807, 2.05) is 0 Å². The minimum Gasteiger partial charge on any atom is -0.507 e. The lowest BCUT2D eigenvalue weighted by molar-refractivity contribution is -0.140. The number of rotatable bonds is 12. The summed E-state index contributed by atoms with van der Waals surface area (Å²) in [6, 6.07) is 13.0. The van der Waals surface area contributed by atoms with E-state index in [0.717, 1.165) is 57.3 Å². The van der Waals surface area contributed by atoms with E-state index in [9.17, 15) is 14.7 Å². The predicted molar refractivity (Wildman–Crippen MR) is 143 cm³/mol. The third-order valence-corrected chi connectivity index (χ3v) is 6.88. The molecule has 0 aromatic heterocycles. The summed E-state index contributed by atoms with van der Waals surface area (Å²) in [5, 5.41) is 12.2.